The van der Waals surface area contributed by atoms with E-state index in [0.717, 1.165) is 24.2 Å². The van der Waals surface area contributed by atoms with Crippen molar-refractivity contribution in [3.05, 3.63) is 59.0 Å². The second-order valence-electron chi connectivity index (χ2n) is 6.45. The Labute approximate surface area is 162 Å². The van der Waals surface area contributed by atoms with Gasteiger partial charge >= 0.3 is 11.9 Å². The molecule has 3 rings (SSSR count). The third-order valence-corrected chi connectivity index (χ3v) is 4.30. The highest BCUT2D eigenvalue weighted by atomic mass is 16.4. The number of carboxylic acids is 2. The summed E-state index contributed by atoms with van der Waals surface area (Å²) in [6.07, 6.45) is 13.6. The van der Waals surface area contributed by atoms with Crippen molar-refractivity contribution < 1.29 is 19.8 Å². The van der Waals surface area contributed by atoms with E-state index in [4.69, 9.17) is 27.1 Å². The molecular formula is C19H25N5O4. The summed E-state index contributed by atoms with van der Waals surface area (Å²) in [6, 6.07) is -0.821. The molecule has 0 radical (unpaired) electrons. The van der Waals surface area contributed by atoms with Crippen LogP contribution in [0.25, 0.3) is 0 Å². The van der Waals surface area contributed by atoms with Crippen LogP contribution in [0.1, 0.15) is 19.3 Å². The van der Waals surface area contributed by atoms with Gasteiger partial charge in [-0.15, -0.1) is 0 Å². The first-order valence-electron chi connectivity index (χ1n) is 8.86. The average molecular weight is 387 g/mol. The number of rotatable bonds is 6. The zero-order valence-electron chi connectivity index (χ0n) is 15.4. The molecule has 0 aromatic rings. The summed E-state index contributed by atoms with van der Waals surface area (Å²) in [7, 11) is 0. The molecule has 0 unspecified atom stereocenters. The Kier molecular flexibility index (Phi) is 7.16. The van der Waals surface area contributed by atoms with Crippen LogP contribution in [0.3, 0.4) is 0 Å². The van der Waals surface area contributed by atoms with Gasteiger partial charge in [0.05, 0.1) is 11.3 Å². The van der Waals surface area contributed by atoms with Gasteiger partial charge in [0.2, 0.25) is 0 Å². The summed E-state index contributed by atoms with van der Waals surface area (Å²) in [6.45, 7) is 1.23. The molecule has 28 heavy (non-hydrogen) atoms. The van der Waals surface area contributed by atoms with E-state index in [1.165, 1.54) is 5.57 Å². The van der Waals surface area contributed by atoms with Gasteiger partial charge < -0.3 is 31.9 Å². The van der Waals surface area contributed by atoms with E-state index < -0.39 is 18.0 Å². The fourth-order valence-electron chi connectivity index (χ4n) is 2.97. The topological polar surface area (TPSA) is 166 Å². The number of hydrogen-bond acceptors (Lipinski definition) is 5. The Morgan fingerprint density at radius 2 is 2.00 bits per heavy atom. The number of allylic oxidation sites excluding steroid dienone is 5. The van der Waals surface area contributed by atoms with Gasteiger partial charge in [0.1, 0.15) is 6.04 Å². The van der Waals surface area contributed by atoms with Gasteiger partial charge in [0.15, 0.2) is 5.96 Å². The molecule has 1 aliphatic carbocycles. The van der Waals surface area contributed by atoms with Crippen molar-refractivity contribution in [3.63, 3.8) is 0 Å². The number of nitrogens with zero attached hydrogens (tertiary/aromatic N) is 1. The number of nitrogens with two attached hydrogens (primary N) is 2. The summed E-state index contributed by atoms with van der Waals surface area (Å²) in [4.78, 5) is 23.2. The molecule has 9 heteroatoms. The molecule has 0 spiro atoms. The summed E-state index contributed by atoms with van der Waals surface area (Å²) in [5.74, 6) is -1.98. The quantitative estimate of drug-likeness (QED) is 0.219. The predicted octanol–water partition coefficient (Wildman–Crippen LogP) is 0.642. The van der Waals surface area contributed by atoms with E-state index in [0.29, 0.717) is 25.0 Å². The van der Waals surface area contributed by atoms with Crippen molar-refractivity contribution in [1.29, 1.82) is 5.41 Å². The summed E-state index contributed by atoms with van der Waals surface area (Å²) >= 11 is 0. The van der Waals surface area contributed by atoms with Crippen LogP contribution in [0, 0.1) is 5.41 Å². The number of guanidine groups is 1. The molecule has 0 fully saturated rings. The number of aliphatic carboxylic acids is 2. The largest absolute Gasteiger partial charge is 0.480 e. The van der Waals surface area contributed by atoms with Gasteiger partial charge in [0.25, 0.3) is 0 Å². The lowest BCUT2D eigenvalue weighted by molar-refractivity contribution is -0.138. The minimum atomic E-state index is -1.00. The van der Waals surface area contributed by atoms with E-state index in [1.807, 2.05) is 11.0 Å². The second kappa shape index (κ2) is 9.56. The second-order valence-corrected chi connectivity index (χ2v) is 6.45. The molecular weight excluding hydrogens is 362 g/mol. The molecule has 3 aliphatic rings. The first-order chi connectivity index (χ1) is 13.3. The molecule has 8 N–H and O–H groups in total. The van der Waals surface area contributed by atoms with E-state index >= 15 is 0 Å². The highest BCUT2D eigenvalue weighted by molar-refractivity contribution is 5.91. The van der Waals surface area contributed by atoms with E-state index in [9.17, 15) is 9.59 Å². The Morgan fingerprint density at radius 3 is 2.64 bits per heavy atom. The summed E-state index contributed by atoms with van der Waals surface area (Å²) in [5, 5.41) is 26.7. The highest BCUT2D eigenvalue weighted by Gasteiger charge is 2.25. The molecule has 0 aromatic heterocycles. The van der Waals surface area contributed by atoms with Gasteiger partial charge in [-0.05, 0) is 36.5 Å². The third kappa shape index (κ3) is 5.58. The van der Waals surface area contributed by atoms with Crippen LogP contribution in [0.2, 0.25) is 0 Å². The van der Waals surface area contributed by atoms with Gasteiger partial charge in [-0.3, -0.25) is 10.2 Å². The van der Waals surface area contributed by atoms with Crippen molar-refractivity contribution in [2.45, 2.75) is 25.3 Å². The standard InChI is InChI=1S/C13H11NO2.C6H14N4O2/c15-13(16)11-7-10-4-1-3-9-5-2-6-14(8-11)12(9)10;7-4(5(11)12)2-1-3-10-6(8)9/h1-3,5,7-8H,4,6H2,(H,15,16);4H,1-3,7H2,(H,11,12)(H4,8,9,10)/t;4-/m.0/s1. The van der Waals surface area contributed by atoms with Crippen molar-refractivity contribution >= 4 is 17.9 Å². The third-order valence-electron chi connectivity index (χ3n) is 4.30. The average Bonchev–Trinajstić information content (AvgIpc) is 2.65. The van der Waals surface area contributed by atoms with E-state index in [-0.39, 0.29) is 5.96 Å². The first-order valence-corrected chi connectivity index (χ1v) is 8.86. The van der Waals surface area contributed by atoms with Crippen LogP contribution in [-0.4, -0.2) is 52.1 Å². The molecule has 2 aliphatic heterocycles. The van der Waals surface area contributed by atoms with Gasteiger partial charge in [-0.1, -0.05) is 24.3 Å². The molecule has 0 amide bonds. The molecule has 1 atom stereocenters. The zero-order valence-corrected chi connectivity index (χ0v) is 15.4. The minimum Gasteiger partial charge on any atom is -0.480 e. The van der Waals surface area contributed by atoms with Crippen LogP contribution in [-0.2, 0) is 9.59 Å². The van der Waals surface area contributed by atoms with Gasteiger partial charge in [-0.25, -0.2) is 4.79 Å². The molecule has 150 valence electrons. The monoisotopic (exact) mass is 387 g/mol. The SMILES string of the molecule is N=C(N)NCCC[C@H](N)C(=O)O.O=C(O)C1=CN2CC=CC3=C2C(=C1)CC=C3. The Morgan fingerprint density at radius 1 is 1.29 bits per heavy atom. The lowest BCUT2D eigenvalue weighted by atomic mass is 9.91. The maximum Gasteiger partial charge on any atom is 0.337 e. The van der Waals surface area contributed by atoms with E-state index in [2.05, 4.69) is 23.5 Å². The number of hydrogen-bond donors (Lipinski definition) is 6. The van der Waals surface area contributed by atoms with Gasteiger partial charge in [0, 0.05) is 19.3 Å². The first kappa shape index (κ1) is 21.0. The molecule has 0 saturated heterocycles. The Bertz CT molecular complexity index is 803. The maximum absolute atomic E-state index is 11.0. The molecule has 0 saturated carbocycles. The van der Waals surface area contributed by atoms with Gasteiger partial charge in [-0.2, -0.15) is 0 Å². The summed E-state index contributed by atoms with van der Waals surface area (Å²) < 4.78 is 0. The fraction of sp³-hybridized carbons (Fsp3) is 0.316. The Balaban J connectivity index is 0.000000211. The molecule has 0 bridgehead atoms. The number of carbonyl (C=O) groups is 2. The normalized spacial score (nSPS) is 17.5. The number of nitrogens with one attached hydrogen (secondary N) is 2. The molecule has 9 nitrogen and oxygen atoms in total. The van der Waals surface area contributed by atoms with Crippen LogP contribution in [0.15, 0.2) is 59.0 Å². The van der Waals surface area contributed by atoms with Crippen LogP contribution in [0.5, 0.6) is 0 Å². The highest BCUT2D eigenvalue weighted by Crippen LogP contribution is 2.35. The minimum absolute atomic E-state index is 0.112. The smallest absolute Gasteiger partial charge is 0.337 e. The van der Waals surface area contributed by atoms with E-state index in [1.54, 1.807) is 12.3 Å². The Hall–Kier alpha value is -3.33. The maximum atomic E-state index is 11.0. The lowest BCUT2D eigenvalue weighted by Gasteiger charge is -2.33. The van der Waals surface area contributed by atoms with Crippen molar-refractivity contribution in [3.8, 4) is 0 Å². The molecule has 0 aromatic carbocycles. The lowest BCUT2D eigenvalue weighted by Crippen LogP contribution is -2.34. The fourth-order valence-corrected chi connectivity index (χ4v) is 2.97. The van der Waals surface area contributed by atoms with Crippen molar-refractivity contribution in [1.82, 2.24) is 10.2 Å². The summed E-state index contributed by atoms with van der Waals surface area (Å²) in [5.41, 5.74) is 14.0. The number of carboxylic acid groups (broad SMARTS) is 2. The molecule has 2 heterocycles. The predicted molar refractivity (Wildman–Crippen MR) is 105 cm³/mol. The van der Waals surface area contributed by atoms with Crippen molar-refractivity contribution in [2.24, 2.45) is 11.5 Å². The van der Waals surface area contributed by atoms with Crippen LogP contribution < -0.4 is 16.8 Å². The van der Waals surface area contributed by atoms with Crippen LogP contribution in [0.4, 0.5) is 0 Å². The van der Waals surface area contributed by atoms with Crippen LogP contribution >= 0.6 is 0 Å². The zero-order chi connectivity index (χ0) is 20.7. The van der Waals surface area contributed by atoms with Crippen molar-refractivity contribution in [2.75, 3.05) is 13.1 Å².